The van der Waals surface area contributed by atoms with E-state index in [1.165, 1.54) is 49.9 Å². The highest BCUT2D eigenvalue weighted by atomic mass is 35.5. The van der Waals surface area contributed by atoms with Gasteiger partial charge in [-0.05, 0) is 89.0 Å². The molecule has 1 fully saturated rings. The summed E-state index contributed by atoms with van der Waals surface area (Å²) in [4.78, 5) is 13.8. The molecular formula is C26H33ClN6O. The molecular weight excluding hydrogens is 448 g/mol. The number of furan rings is 1. The summed E-state index contributed by atoms with van der Waals surface area (Å²) in [6, 6.07) is 9.26. The van der Waals surface area contributed by atoms with Gasteiger partial charge in [0.25, 0.3) is 0 Å². The number of anilines is 4. The second-order valence-electron chi connectivity index (χ2n) is 9.59. The van der Waals surface area contributed by atoms with Crippen molar-refractivity contribution in [3.8, 4) is 0 Å². The molecule has 0 radical (unpaired) electrons. The number of nitrogens with zero attached hydrogens (tertiary/aromatic N) is 4. The molecule has 8 heteroatoms. The van der Waals surface area contributed by atoms with Crippen LogP contribution in [0.5, 0.6) is 0 Å². The molecule has 7 nitrogen and oxygen atoms in total. The summed E-state index contributed by atoms with van der Waals surface area (Å²) in [7, 11) is 4.00. The molecule has 1 aliphatic heterocycles. The molecule has 2 aromatic heterocycles. The lowest BCUT2D eigenvalue weighted by Gasteiger charge is -2.25. The van der Waals surface area contributed by atoms with Gasteiger partial charge in [-0.2, -0.15) is 4.98 Å². The zero-order chi connectivity index (χ0) is 23.5. The molecule has 34 heavy (non-hydrogen) atoms. The van der Waals surface area contributed by atoms with Gasteiger partial charge in [0.2, 0.25) is 5.95 Å². The summed E-state index contributed by atoms with van der Waals surface area (Å²) in [5, 5.41) is 7.12. The Labute approximate surface area is 206 Å². The molecule has 0 bridgehead atoms. The minimum absolute atomic E-state index is 0.456. The van der Waals surface area contributed by atoms with Gasteiger partial charge in [0.15, 0.2) is 5.82 Å². The molecule has 0 saturated carbocycles. The quantitative estimate of drug-likeness (QED) is 0.425. The van der Waals surface area contributed by atoms with Crippen LogP contribution >= 0.6 is 11.6 Å². The second kappa shape index (κ2) is 10.3. The normalized spacial score (nSPS) is 18.6. The van der Waals surface area contributed by atoms with E-state index in [0.29, 0.717) is 23.3 Å². The third-order valence-electron chi connectivity index (χ3n) is 6.82. The molecule has 180 valence electrons. The van der Waals surface area contributed by atoms with E-state index in [9.17, 15) is 0 Å². The first-order valence-electron chi connectivity index (χ1n) is 12.2. The zero-order valence-corrected chi connectivity index (χ0v) is 20.7. The number of likely N-dealkylation sites (tertiary alicyclic amines) is 1. The number of nitrogens with one attached hydrogen (secondary N) is 2. The van der Waals surface area contributed by atoms with E-state index in [0.717, 1.165) is 36.0 Å². The minimum atomic E-state index is 0.456. The van der Waals surface area contributed by atoms with Crippen molar-refractivity contribution >= 4 is 34.7 Å². The van der Waals surface area contributed by atoms with Gasteiger partial charge in [-0.1, -0.05) is 17.7 Å². The molecule has 5 rings (SSSR count). The van der Waals surface area contributed by atoms with Crippen molar-refractivity contribution in [3.63, 3.8) is 0 Å². The predicted molar refractivity (Wildman–Crippen MR) is 137 cm³/mol. The Balaban J connectivity index is 1.29. The van der Waals surface area contributed by atoms with E-state index >= 15 is 0 Å². The van der Waals surface area contributed by atoms with Crippen LogP contribution in [-0.2, 0) is 19.4 Å². The van der Waals surface area contributed by atoms with Crippen LogP contribution in [0.2, 0.25) is 5.02 Å². The molecule has 3 heterocycles. The van der Waals surface area contributed by atoms with Gasteiger partial charge in [0.05, 0.1) is 24.7 Å². The Bertz CT molecular complexity index is 1120. The molecule has 1 atom stereocenters. The summed E-state index contributed by atoms with van der Waals surface area (Å²) in [6.45, 7) is 3.22. The lowest BCUT2D eigenvalue weighted by atomic mass is 10.0. The number of halogens is 1. The Kier molecular flexibility index (Phi) is 7.04. The second-order valence-corrected chi connectivity index (χ2v) is 10.0. The fraction of sp³-hybridized carbons (Fsp3) is 0.462. The monoisotopic (exact) mass is 480 g/mol. The fourth-order valence-corrected chi connectivity index (χ4v) is 5.21. The standard InChI is InChI=1S/C26H33ClN6O/c1-32(2)17-24-23(11-14-34-24)30-25-22(27)16-28-26(31-25)29-20-8-5-18-6-9-21(10-7-19(18)15-20)33-12-3-4-13-33/h5,8,11,14-16,21H,3-4,6-7,9-10,12-13,17H2,1-2H3,(H2,28,29,30,31)/t21-/m0/s1. The van der Waals surface area contributed by atoms with Gasteiger partial charge >= 0.3 is 0 Å². The molecule has 1 aromatic carbocycles. The molecule has 0 spiro atoms. The Morgan fingerprint density at radius 2 is 1.88 bits per heavy atom. The van der Waals surface area contributed by atoms with Crippen LogP contribution < -0.4 is 10.6 Å². The first kappa shape index (κ1) is 23.1. The highest BCUT2D eigenvalue weighted by molar-refractivity contribution is 6.32. The van der Waals surface area contributed by atoms with Gasteiger partial charge in [-0.25, -0.2) is 4.98 Å². The van der Waals surface area contributed by atoms with Crippen LogP contribution in [-0.4, -0.2) is 53.0 Å². The summed E-state index contributed by atoms with van der Waals surface area (Å²) < 4.78 is 5.61. The fourth-order valence-electron chi connectivity index (χ4n) is 5.07. The average molecular weight is 481 g/mol. The van der Waals surface area contributed by atoms with Crippen LogP contribution in [0.15, 0.2) is 41.1 Å². The Morgan fingerprint density at radius 3 is 2.68 bits per heavy atom. The minimum Gasteiger partial charge on any atom is -0.466 e. The van der Waals surface area contributed by atoms with E-state index in [-0.39, 0.29) is 0 Å². The number of fused-ring (bicyclic) bond motifs is 1. The number of hydrogen-bond donors (Lipinski definition) is 2. The summed E-state index contributed by atoms with van der Waals surface area (Å²) in [5.74, 6) is 1.88. The van der Waals surface area contributed by atoms with E-state index < -0.39 is 0 Å². The van der Waals surface area contributed by atoms with Crippen molar-refractivity contribution in [2.24, 2.45) is 0 Å². The number of benzene rings is 1. The smallest absolute Gasteiger partial charge is 0.229 e. The van der Waals surface area contributed by atoms with E-state index in [1.807, 2.05) is 25.1 Å². The summed E-state index contributed by atoms with van der Waals surface area (Å²) in [6.07, 6.45) is 10.8. The first-order valence-corrected chi connectivity index (χ1v) is 12.6. The Hall–Kier alpha value is -2.61. The van der Waals surface area contributed by atoms with Crippen LogP contribution in [0.25, 0.3) is 0 Å². The van der Waals surface area contributed by atoms with Crippen molar-refractivity contribution in [1.29, 1.82) is 0 Å². The topological polar surface area (TPSA) is 69.5 Å². The van der Waals surface area contributed by atoms with Crippen molar-refractivity contribution < 1.29 is 4.42 Å². The van der Waals surface area contributed by atoms with Crippen LogP contribution in [0, 0.1) is 0 Å². The van der Waals surface area contributed by atoms with E-state index in [1.54, 1.807) is 12.5 Å². The van der Waals surface area contributed by atoms with Crippen molar-refractivity contribution in [2.45, 2.75) is 51.1 Å². The maximum atomic E-state index is 6.39. The van der Waals surface area contributed by atoms with Gasteiger partial charge in [-0.15, -0.1) is 0 Å². The maximum Gasteiger partial charge on any atom is 0.229 e. The molecule has 1 saturated heterocycles. The number of aromatic nitrogens is 2. The highest BCUT2D eigenvalue weighted by Crippen LogP contribution is 2.30. The van der Waals surface area contributed by atoms with Gasteiger partial charge < -0.3 is 24.9 Å². The first-order chi connectivity index (χ1) is 16.5. The number of rotatable bonds is 7. The van der Waals surface area contributed by atoms with Crippen molar-refractivity contribution in [3.05, 3.63) is 58.6 Å². The predicted octanol–water partition coefficient (Wildman–Crippen LogP) is 5.62. The largest absolute Gasteiger partial charge is 0.466 e. The molecule has 2 N–H and O–H groups in total. The molecule has 0 amide bonds. The van der Waals surface area contributed by atoms with Crippen LogP contribution in [0.4, 0.5) is 23.1 Å². The van der Waals surface area contributed by atoms with Gasteiger partial charge in [0, 0.05) is 17.8 Å². The Morgan fingerprint density at radius 1 is 1.09 bits per heavy atom. The van der Waals surface area contributed by atoms with E-state index in [2.05, 4.69) is 43.7 Å². The third-order valence-corrected chi connectivity index (χ3v) is 7.09. The van der Waals surface area contributed by atoms with Gasteiger partial charge in [0.1, 0.15) is 10.8 Å². The van der Waals surface area contributed by atoms with E-state index in [4.69, 9.17) is 16.0 Å². The molecule has 2 aliphatic rings. The summed E-state index contributed by atoms with van der Waals surface area (Å²) in [5.41, 5.74) is 4.76. The van der Waals surface area contributed by atoms with Crippen molar-refractivity contribution in [1.82, 2.24) is 19.8 Å². The SMILES string of the molecule is CN(C)Cc1occc1Nc1nc(Nc2ccc3c(c2)CC[C@@H](N2CCCC2)CC3)ncc1Cl. The maximum absolute atomic E-state index is 6.39. The zero-order valence-electron chi connectivity index (χ0n) is 20.0. The molecule has 3 aromatic rings. The lowest BCUT2D eigenvalue weighted by molar-refractivity contribution is 0.222. The summed E-state index contributed by atoms with van der Waals surface area (Å²) >= 11 is 6.39. The average Bonchev–Trinajstić information content (AvgIpc) is 3.45. The highest BCUT2D eigenvalue weighted by Gasteiger charge is 2.24. The lowest BCUT2D eigenvalue weighted by Crippen LogP contribution is -2.32. The van der Waals surface area contributed by atoms with Gasteiger partial charge in [-0.3, -0.25) is 0 Å². The van der Waals surface area contributed by atoms with Crippen molar-refractivity contribution in [2.75, 3.05) is 37.8 Å². The number of aryl methyl sites for hydroxylation is 2. The molecule has 0 unspecified atom stereocenters. The third kappa shape index (κ3) is 5.37. The van der Waals surface area contributed by atoms with Crippen LogP contribution in [0.1, 0.15) is 42.6 Å². The molecule has 1 aliphatic carbocycles. The number of hydrogen-bond acceptors (Lipinski definition) is 7. The van der Waals surface area contributed by atoms with Crippen LogP contribution in [0.3, 0.4) is 0 Å².